The summed E-state index contributed by atoms with van der Waals surface area (Å²) >= 11 is 0. The highest BCUT2D eigenvalue weighted by molar-refractivity contribution is 6.72. The molecule has 0 spiro atoms. The average Bonchev–Trinajstić information content (AvgIpc) is 2.84. The van der Waals surface area contributed by atoms with Crippen molar-refractivity contribution in [2.24, 2.45) is 0 Å². The number of aliphatic hydroxyl groups excluding tert-OH is 1. The maximum absolute atomic E-state index is 11.9. The van der Waals surface area contributed by atoms with Crippen LogP contribution in [0.25, 0.3) is 0 Å². The van der Waals surface area contributed by atoms with Crippen LogP contribution in [-0.2, 0) is 45.2 Å². The lowest BCUT2D eigenvalue weighted by molar-refractivity contribution is -0.354. The molecule has 2 aliphatic heterocycles. The lowest BCUT2D eigenvalue weighted by atomic mass is 9.97. The fourth-order valence-corrected chi connectivity index (χ4v) is 12.6. The molecule has 1 N–H and O–H groups in total. The second-order valence-corrected chi connectivity index (χ2v) is 52.4. The second kappa shape index (κ2) is 17.7. The Bertz CT molecular complexity index is 1070. The molecule has 0 amide bonds. The topological polar surface area (TPSA) is 113 Å². The highest BCUT2D eigenvalue weighted by Gasteiger charge is 2.56. The van der Waals surface area contributed by atoms with Crippen molar-refractivity contribution < 1.29 is 50.3 Å². The summed E-state index contributed by atoms with van der Waals surface area (Å²) < 4.78 is 68.1. The molecule has 0 aromatic carbocycles. The molecule has 2 heterocycles. The summed E-state index contributed by atoms with van der Waals surface area (Å²) in [7, 11) is -14.8. The van der Waals surface area contributed by atoms with Crippen LogP contribution in [0, 0.1) is 0 Å². The average molecular weight is 848 g/mol. The lowest BCUT2D eigenvalue weighted by Gasteiger charge is -2.53. The minimum Gasteiger partial charge on any atom is -0.415 e. The zero-order chi connectivity index (χ0) is 39.8. The van der Waals surface area contributed by atoms with Gasteiger partial charge in [0.25, 0.3) is 0 Å². The standard InChI is InChI=1S/C33H78O11Si7/c1-45(2,3)35-22-24-26(40-47(7,8)9)28(42-49(13,14)15)30(32(34)37-24)39-33-31(44-51(19,20)21)29(43-50(16,17)18)27(41-48(10,11)12)25(38-33)23-36-46(4,5)6/h24-34H,22-23H2,1-21H3/t24?,25?,26-,27-,28-,29-,30?,31?,32+,33+/m1/s1. The highest BCUT2D eigenvalue weighted by atomic mass is 28.4. The molecule has 18 heteroatoms. The molecule has 0 radical (unpaired) electrons. The minimum atomic E-state index is -2.23. The SMILES string of the molecule is C[Si](C)(C)OCC1O[C@@H](OC2[C@@H](O)OC(CO[Si](C)(C)C)[C@@H](O[Si](C)(C)C)[C@H]2O[Si](C)(C)C)C(O[Si](C)(C)C)[C@H](O[Si](C)(C)C)[C@@H]1O[Si](C)(C)C. The maximum atomic E-state index is 11.9. The predicted molar refractivity (Wildman–Crippen MR) is 224 cm³/mol. The zero-order valence-corrected chi connectivity index (χ0v) is 43.2. The first-order valence-electron chi connectivity index (χ1n) is 18.8. The minimum absolute atomic E-state index is 0.291. The molecule has 51 heavy (non-hydrogen) atoms. The van der Waals surface area contributed by atoms with Crippen molar-refractivity contribution >= 4 is 58.2 Å². The summed E-state index contributed by atoms with van der Waals surface area (Å²) in [6.45, 7) is 46.0. The molecule has 2 saturated heterocycles. The third kappa shape index (κ3) is 18.3. The molecular formula is C33H78O11Si7. The van der Waals surface area contributed by atoms with Crippen molar-refractivity contribution in [1.29, 1.82) is 0 Å². The van der Waals surface area contributed by atoms with E-state index in [0.717, 1.165) is 0 Å². The van der Waals surface area contributed by atoms with Gasteiger partial charge in [-0.25, -0.2) is 0 Å². The van der Waals surface area contributed by atoms with Crippen LogP contribution in [0.15, 0.2) is 0 Å². The summed E-state index contributed by atoms with van der Waals surface area (Å²) in [6, 6.07) is 0. The molecule has 2 rings (SSSR count). The molecule has 11 nitrogen and oxygen atoms in total. The van der Waals surface area contributed by atoms with Gasteiger partial charge in [-0.1, -0.05) is 0 Å². The van der Waals surface area contributed by atoms with Gasteiger partial charge in [0.1, 0.15) is 48.8 Å². The quantitative estimate of drug-likeness (QED) is 0.138. The van der Waals surface area contributed by atoms with E-state index in [4.69, 9.17) is 45.2 Å². The normalized spacial score (nSPS) is 32.4. The van der Waals surface area contributed by atoms with E-state index < -0.39 is 120 Å². The second-order valence-electron chi connectivity index (χ2n) is 21.0. The van der Waals surface area contributed by atoms with Gasteiger partial charge in [-0.05, 0) is 137 Å². The van der Waals surface area contributed by atoms with E-state index in [-0.39, 0.29) is 0 Å². The van der Waals surface area contributed by atoms with Crippen LogP contribution in [0.4, 0.5) is 0 Å². The molecule has 0 bridgehead atoms. The van der Waals surface area contributed by atoms with Crippen molar-refractivity contribution in [2.45, 2.75) is 199 Å². The highest BCUT2D eigenvalue weighted by Crippen LogP contribution is 2.38. The van der Waals surface area contributed by atoms with Crippen LogP contribution in [0.5, 0.6) is 0 Å². The number of aliphatic hydroxyl groups is 1. The van der Waals surface area contributed by atoms with E-state index in [1.54, 1.807) is 0 Å². The van der Waals surface area contributed by atoms with Gasteiger partial charge < -0.3 is 50.3 Å². The molecule has 4 unspecified atom stereocenters. The largest absolute Gasteiger partial charge is 0.415 e. The van der Waals surface area contributed by atoms with E-state index in [9.17, 15) is 5.11 Å². The summed E-state index contributed by atoms with van der Waals surface area (Å²) in [6.07, 6.45) is -7.01. The zero-order valence-electron chi connectivity index (χ0n) is 36.2. The molecule has 10 atom stereocenters. The van der Waals surface area contributed by atoms with Gasteiger partial charge in [0, 0.05) is 0 Å². The number of ether oxygens (including phenoxy) is 3. The Morgan fingerprint density at radius 1 is 0.373 bits per heavy atom. The number of hydrogen-bond donors (Lipinski definition) is 1. The van der Waals surface area contributed by atoms with Gasteiger partial charge in [-0.15, -0.1) is 0 Å². The van der Waals surface area contributed by atoms with Crippen LogP contribution < -0.4 is 0 Å². The van der Waals surface area contributed by atoms with Gasteiger partial charge >= 0.3 is 0 Å². The summed E-state index contributed by atoms with van der Waals surface area (Å²) in [5.41, 5.74) is 0. The summed E-state index contributed by atoms with van der Waals surface area (Å²) in [5, 5.41) is 11.9. The van der Waals surface area contributed by atoms with Crippen LogP contribution in [0.3, 0.4) is 0 Å². The first-order valence-corrected chi connectivity index (χ1v) is 42.7. The first kappa shape index (κ1) is 48.2. The monoisotopic (exact) mass is 846 g/mol. The molecule has 2 aliphatic rings. The van der Waals surface area contributed by atoms with Crippen molar-refractivity contribution in [3.63, 3.8) is 0 Å². The summed E-state index contributed by atoms with van der Waals surface area (Å²) in [4.78, 5) is 0. The maximum Gasteiger partial charge on any atom is 0.186 e. The van der Waals surface area contributed by atoms with E-state index in [2.05, 4.69) is 137 Å². The predicted octanol–water partition coefficient (Wildman–Crippen LogP) is 7.62. The van der Waals surface area contributed by atoms with Crippen molar-refractivity contribution in [1.82, 2.24) is 0 Å². The van der Waals surface area contributed by atoms with Crippen molar-refractivity contribution in [3.8, 4) is 0 Å². The molecule has 0 aliphatic carbocycles. The number of hydrogen-bond acceptors (Lipinski definition) is 11. The third-order valence-electron chi connectivity index (χ3n) is 7.30. The number of rotatable bonds is 18. The fraction of sp³-hybridized carbons (Fsp3) is 1.00. The van der Waals surface area contributed by atoms with Crippen molar-refractivity contribution in [2.75, 3.05) is 13.2 Å². The van der Waals surface area contributed by atoms with E-state index in [1.165, 1.54) is 0 Å². The van der Waals surface area contributed by atoms with E-state index >= 15 is 0 Å². The van der Waals surface area contributed by atoms with Crippen LogP contribution >= 0.6 is 0 Å². The molecule has 2 fully saturated rings. The Morgan fingerprint density at radius 3 is 1.00 bits per heavy atom. The third-order valence-corrected chi connectivity index (χ3v) is 14.3. The Labute approximate surface area is 319 Å². The van der Waals surface area contributed by atoms with Gasteiger partial charge in [0.05, 0.1) is 13.2 Å². The Balaban J connectivity index is 2.76. The molecule has 304 valence electrons. The lowest BCUT2D eigenvalue weighted by Crippen LogP contribution is -2.69. The van der Waals surface area contributed by atoms with Gasteiger partial charge in [0.2, 0.25) is 0 Å². The van der Waals surface area contributed by atoms with Crippen molar-refractivity contribution in [3.05, 3.63) is 0 Å². The molecular weight excluding hydrogens is 769 g/mol. The van der Waals surface area contributed by atoms with Gasteiger partial charge in [-0.2, -0.15) is 0 Å². The smallest absolute Gasteiger partial charge is 0.186 e. The van der Waals surface area contributed by atoms with Crippen LogP contribution in [0.2, 0.25) is 137 Å². The Hall–Kier alpha value is 1.08. The van der Waals surface area contributed by atoms with Crippen LogP contribution in [0.1, 0.15) is 0 Å². The van der Waals surface area contributed by atoms with Gasteiger partial charge in [0.15, 0.2) is 70.8 Å². The van der Waals surface area contributed by atoms with E-state index in [0.29, 0.717) is 13.2 Å². The molecule has 0 aromatic rings. The summed E-state index contributed by atoms with van der Waals surface area (Å²) in [5.74, 6) is 0. The molecule has 0 aromatic heterocycles. The first-order chi connectivity index (χ1) is 22.5. The Morgan fingerprint density at radius 2 is 0.667 bits per heavy atom. The van der Waals surface area contributed by atoms with E-state index in [1.807, 2.05) is 0 Å². The Kier molecular flexibility index (Phi) is 16.7. The molecule has 0 saturated carbocycles. The van der Waals surface area contributed by atoms with Gasteiger partial charge in [-0.3, -0.25) is 0 Å². The fourth-order valence-electron chi connectivity index (χ4n) is 5.83. The van der Waals surface area contributed by atoms with Crippen LogP contribution in [-0.4, -0.2) is 138 Å².